The standard InChI is InChI=1S/C7H18N2.C2H6/c1-6(2,3)5-7(4,8)9;1-2/h5,8-9H2,1-4H3;1-2H3. The number of nitrogens with two attached hydrogens (primary N) is 2. The van der Waals surface area contributed by atoms with Gasteiger partial charge in [0, 0.05) is 0 Å². The molecule has 0 aliphatic rings. The molecule has 0 bridgehead atoms. The summed E-state index contributed by atoms with van der Waals surface area (Å²) < 4.78 is 0. The quantitative estimate of drug-likeness (QED) is 0.577. The van der Waals surface area contributed by atoms with E-state index in [0.717, 1.165) is 6.42 Å². The summed E-state index contributed by atoms with van der Waals surface area (Å²) in [7, 11) is 0. The van der Waals surface area contributed by atoms with Crippen molar-refractivity contribution in [2.24, 2.45) is 16.9 Å². The molecule has 0 saturated carbocycles. The number of hydrogen-bond acceptors (Lipinski definition) is 2. The molecule has 0 aliphatic carbocycles. The van der Waals surface area contributed by atoms with E-state index >= 15 is 0 Å². The summed E-state index contributed by atoms with van der Waals surface area (Å²) >= 11 is 0. The highest BCUT2D eigenvalue weighted by Gasteiger charge is 2.20. The fourth-order valence-electron chi connectivity index (χ4n) is 1.14. The second-order valence-corrected chi connectivity index (χ2v) is 4.24. The fourth-order valence-corrected chi connectivity index (χ4v) is 1.14. The molecule has 11 heavy (non-hydrogen) atoms. The first-order chi connectivity index (χ1) is 4.71. The molecule has 0 rings (SSSR count). The van der Waals surface area contributed by atoms with Crippen LogP contribution in [0.5, 0.6) is 0 Å². The van der Waals surface area contributed by atoms with Crippen LogP contribution in [-0.4, -0.2) is 5.66 Å². The van der Waals surface area contributed by atoms with Crippen molar-refractivity contribution < 1.29 is 0 Å². The van der Waals surface area contributed by atoms with Gasteiger partial charge in [-0.05, 0) is 18.8 Å². The maximum Gasteiger partial charge on any atom is 0.0612 e. The lowest BCUT2D eigenvalue weighted by Crippen LogP contribution is -2.48. The van der Waals surface area contributed by atoms with E-state index in [1.807, 2.05) is 20.8 Å². The van der Waals surface area contributed by atoms with Crippen LogP contribution < -0.4 is 11.5 Å². The highest BCUT2D eigenvalue weighted by atomic mass is 14.9. The van der Waals surface area contributed by atoms with Crippen LogP contribution in [0.25, 0.3) is 0 Å². The van der Waals surface area contributed by atoms with Gasteiger partial charge in [0.2, 0.25) is 0 Å². The first kappa shape index (κ1) is 13.5. The Hall–Kier alpha value is -0.0800. The van der Waals surface area contributed by atoms with E-state index < -0.39 is 5.66 Å². The normalized spacial score (nSPS) is 12.0. The van der Waals surface area contributed by atoms with Gasteiger partial charge in [0.05, 0.1) is 5.66 Å². The highest BCUT2D eigenvalue weighted by molar-refractivity contribution is 4.77. The summed E-state index contributed by atoms with van der Waals surface area (Å²) in [5.41, 5.74) is 10.9. The van der Waals surface area contributed by atoms with E-state index in [1.54, 1.807) is 0 Å². The van der Waals surface area contributed by atoms with Gasteiger partial charge in [0.15, 0.2) is 0 Å². The molecule has 0 amide bonds. The summed E-state index contributed by atoms with van der Waals surface area (Å²) in [6.45, 7) is 12.2. The Morgan fingerprint density at radius 2 is 1.18 bits per heavy atom. The van der Waals surface area contributed by atoms with Crippen molar-refractivity contribution in [1.82, 2.24) is 0 Å². The van der Waals surface area contributed by atoms with Gasteiger partial charge < -0.3 is 11.5 Å². The summed E-state index contributed by atoms with van der Waals surface area (Å²) in [5.74, 6) is 0. The average Bonchev–Trinajstić information content (AvgIpc) is 1.60. The summed E-state index contributed by atoms with van der Waals surface area (Å²) in [5, 5.41) is 0. The Labute approximate surface area is 71.3 Å². The molecule has 0 fully saturated rings. The van der Waals surface area contributed by atoms with Crippen LogP contribution in [-0.2, 0) is 0 Å². The topological polar surface area (TPSA) is 52.0 Å². The second kappa shape index (κ2) is 4.73. The minimum Gasteiger partial charge on any atom is -0.314 e. The number of hydrogen-bond donors (Lipinski definition) is 2. The van der Waals surface area contributed by atoms with Crippen molar-refractivity contribution in [3.05, 3.63) is 0 Å². The molecule has 0 aliphatic heterocycles. The van der Waals surface area contributed by atoms with Crippen LogP contribution >= 0.6 is 0 Å². The minimum atomic E-state index is -0.516. The minimum absolute atomic E-state index is 0.234. The van der Waals surface area contributed by atoms with Crippen molar-refractivity contribution in [2.75, 3.05) is 0 Å². The molecule has 0 aromatic carbocycles. The van der Waals surface area contributed by atoms with Crippen molar-refractivity contribution >= 4 is 0 Å². The third-order valence-electron chi connectivity index (χ3n) is 0.911. The largest absolute Gasteiger partial charge is 0.314 e. The third kappa shape index (κ3) is 17.8. The zero-order chi connectivity index (χ0) is 9.71. The van der Waals surface area contributed by atoms with Crippen LogP contribution in [0.1, 0.15) is 48.0 Å². The molecule has 2 heteroatoms. The van der Waals surface area contributed by atoms with Gasteiger partial charge in [-0.3, -0.25) is 0 Å². The van der Waals surface area contributed by atoms with E-state index in [0.29, 0.717) is 0 Å². The van der Waals surface area contributed by atoms with Crippen LogP contribution in [0.4, 0.5) is 0 Å². The first-order valence-electron chi connectivity index (χ1n) is 4.28. The van der Waals surface area contributed by atoms with E-state index in [4.69, 9.17) is 11.5 Å². The maximum absolute atomic E-state index is 5.60. The molecule has 0 saturated heterocycles. The zero-order valence-corrected chi connectivity index (χ0v) is 8.86. The average molecular weight is 160 g/mol. The molecule has 2 nitrogen and oxygen atoms in total. The van der Waals surface area contributed by atoms with Gasteiger partial charge in [-0.1, -0.05) is 34.6 Å². The SMILES string of the molecule is CC.CC(C)(C)CC(C)(N)N. The van der Waals surface area contributed by atoms with Crippen molar-refractivity contribution in [2.45, 2.75) is 53.6 Å². The zero-order valence-electron chi connectivity index (χ0n) is 8.86. The summed E-state index contributed by atoms with van der Waals surface area (Å²) in [4.78, 5) is 0. The van der Waals surface area contributed by atoms with Crippen LogP contribution in [0, 0.1) is 5.41 Å². The van der Waals surface area contributed by atoms with Crippen LogP contribution in [0.2, 0.25) is 0 Å². The highest BCUT2D eigenvalue weighted by Crippen LogP contribution is 2.22. The van der Waals surface area contributed by atoms with E-state index in [2.05, 4.69) is 20.8 Å². The molecule has 0 heterocycles. The molecule has 0 aromatic rings. The molecular weight excluding hydrogens is 136 g/mol. The van der Waals surface area contributed by atoms with Gasteiger partial charge in [0.25, 0.3) is 0 Å². The van der Waals surface area contributed by atoms with Gasteiger partial charge in [0.1, 0.15) is 0 Å². The molecule has 0 spiro atoms. The van der Waals surface area contributed by atoms with E-state index in [9.17, 15) is 0 Å². The Balaban J connectivity index is 0. The Bertz CT molecular complexity index is 72.7. The van der Waals surface area contributed by atoms with Crippen molar-refractivity contribution in [1.29, 1.82) is 0 Å². The smallest absolute Gasteiger partial charge is 0.0612 e. The maximum atomic E-state index is 5.60. The molecule has 0 aromatic heterocycles. The van der Waals surface area contributed by atoms with Crippen LogP contribution in [0.15, 0.2) is 0 Å². The lowest BCUT2D eigenvalue weighted by atomic mass is 9.86. The molecule has 70 valence electrons. The Morgan fingerprint density at radius 3 is 1.18 bits per heavy atom. The fraction of sp³-hybridized carbons (Fsp3) is 1.00. The summed E-state index contributed by atoms with van der Waals surface area (Å²) in [6, 6.07) is 0. The lowest BCUT2D eigenvalue weighted by molar-refractivity contribution is 0.276. The summed E-state index contributed by atoms with van der Waals surface area (Å²) in [6.07, 6.45) is 0.847. The van der Waals surface area contributed by atoms with Gasteiger partial charge >= 0.3 is 0 Å². The predicted molar refractivity (Wildman–Crippen MR) is 52.2 cm³/mol. The molecule has 0 radical (unpaired) electrons. The Kier molecular flexibility index (Phi) is 5.81. The van der Waals surface area contributed by atoms with Crippen LogP contribution in [0.3, 0.4) is 0 Å². The van der Waals surface area contributed by atoms with Crippen molar-refractivity contribution in [3.63, 3.8) is 0 Å². The Morgan fingerprint density at radius 1 is 0.909 bits per heavy atom. The van der Waals surface area contributed by atoms with Crippen molar-refractivity contribution in [3.8, 4) is 0 Å². The third-order valence-corrected chi connectivity index (χ3v) is 0.911. The first-order valence-corrected chi connectivity index (χ1v) is 4.28. The molecule has 0 atom stereocenters. The number of rotatable bonds is 1. The molecule has 4 N–H and O–H groups in total. The van der Waals surface area contributed by atoms with E-state index in [1.165, 1.54) is 0 Å². The van der Waals surface area contributed by atoms with Gasteiger partial charge in [-0.15, -0.1) is 0 Å². The lowest BCUT2D eigenvalue weighted by Gasteiger charge is -2.28. The molecule has 0 unspecified atom stereocenters. The second-order valence-electron chi connectivity index (χ2n) is 4.24. The van der Waals surface area contributed by atoms with Gasteiger partial charge in [-0.25, -0.2) is 0 Å². The van der Waals surface area contributed by atoms with E-state index in [-0.39, 0.29) is 5.41 Å². The van der Waals surface area contributed by atoms with Gasteiger partial charge in [-0.2, -0.15) is 0 Å². The monoisotopic (exact) mass is 160 g/mol. The predicted octanol–water partition coefficient (Wildman–Crippen LogP) is 2.08. The molecular formula is C9H24N2.